The molecule has 1 atom stereocenters. The summed E-state index contributed by atoms with van der Waals surface area (Å²) in [6.45, 7) is 1.68. The number of rotatable bonds is 3. The Hall–Kier alpha value is -3.13. The van der Waals surface area contributed by atoms with Crippen LogP contribution in [0.2, 0.25) is 0 Å². The summed E-state index contributed by atoms with van der Waals surface area (Å²) < 4.78 is 26.0. The van der Waals surface area contributed by atoms with Crippen LogP contribution in [-0.2, 0) is 4.74 Å². The van der Waals surface area contributed by atoms with Crippen LogP contribution < -0.4 is 10.7 Å². The number of anilines is 1. The molecule has 0 spiro atoms. The van der Waals surface area contributed by atoms with Gasteiger partial charge in [0, 0.05) is 0 Å². The van der Waals surface area contributed by atoms with Crippen LogP contribution in [0.4, 0.5) is 14.9 Å². The Labute approximate surface area is 146 Å². The van der Waals surface area contributed by atoms with E-state index in [2.05, 4.69) is 0 Å². The Kier molecular flexibility index (Phi) is 3.77. The summed E-state index contributed by atoms with van der Waals surface area (Å²) in [6, 6.07) is 9.26. The highest BCUT2D eigenvalue weighted by atomic mass is 19.1. The molecule has 0 saturated carbocycles. The Balaban J connectivity index is 1.77. The van der Waals surface area contributed by atoms with Gasteiger partial charge in [0.1, 0.15) is 11.9 Å². The summed E-state index contributed by atoms with van der Waals surface area (Å²) in [5, 5.41) is 9.10. The number of aromatic nitrogens is 1. The van der Waals surface area contributed by atoms with E-state index in [4.69, 9.17) is 14.3 Å². The van der Waals surface area contributed by atoms with Crippen molar-refractivity contribution in [2.45, 2.75) is 13.0 Å². The molecule has 0 bridgehead atoms. The first kappa shape index (κ1) is 16.3. The second-order valence-corrected chi connectivity index (χ2v) is 6.11. The number of aliphatic hydroxyl groups is 1. The highest BCUT2D eigenvalue weighted by molar-refractivity contribution is 5.90. The number of oxazole rings is 1. The van der Waals surface area contributed by atoms with Crippen LogP contribution in [0.1, 0.15) is 5.56 Å². The fraction of sp³-hybridized carbons (Fsp3) is 0.222. The van der Waals surface area contributed by atoms with E-state index in [0.717, 1.165) is 16.2 Å². The van der Waals surface area contributed by atoms with Gasteiger partial charge in [0.25, 0.3) is 0 Å². The lowest BCUT2D eigenvalue weighted by molar-refractivity contribution is 0.0963. The molecule has 26 heavy (non-hydrogen) atoms. The zero-order valence-electron chi connectivity index (χ0n) is 13.8. The van der Waals surface area contributed by atoms with E-state index in [1.54, 1.807) is 18.2 Å². The highest BCUT2D eigenvalue weighted by Crippen LogP contribution is 2.27. The predicted molar refractivity (Wildman–Crippen MR) is 91.2 cm³/mol. The van der Waals surface area contributed by atoms with Crippen molar-refractivity contribution in [3.8, 4) is 5.69 Å². The molecule has 4 rings (SSSR count). The van der Waals surface area contributed by atoms with E-state index in [0.29, 0.717) is 11.1 Å². The lowest BCUT2D eigenvalue weighted by atomic mass is 10.2. The zero-order valence-corrected chi connectivity index (χ0v) is 13.8. The van der Waals surface area contributed by atoms with Gasteiger partial charge in [-0.3, -0.25) is 4.90 Å². The van der Waals surface area contributed by atoms with Gasteiger partial charge in [-0.15, -0.1) is 0 Å². The summed E-state index contributed by atoms with van der Waals surface area (Å²) in [5.74, 6) is -1.38. The molecular weight excluding hydrogens is 343 g/mol. The number of nitrogens with zero attached hydrogens (tertiary/aromatic N) is 2. The molecule has 1 N–H and O–H groups in total. The van der Waals surface area contributed by atoms with Crippen LogP contribution in [0.15, 0.2) is 45.6 Å². The first-order valence-corrected chi connectivity index (χ1v) is 7.99. The lowest BCUT2D eigenvalue weighted by Gasteiger charge is -2.14. The van der Waals surface area contributed by atoms with E-state index < -0.39 is 23.8 Å². The smallest absolute Gasteiger partial charge is 0.424 e. The first-order valence-electron chi connectivity index (χ1n) is 7.99. The molecule has 2 heterocycles. The number of halogens is 1. The molecule has 1 fully saturated rings. The molecule has 2 aromatic carbocycles. The summed E-state index contributed by atoms with van der Waals surface area (Å²) >= 11 is 0. The quantitative estimate of drug-likeness (QED) is 0.777. The Morgan fingerprint density at radius 3 is 2.73 bits per heavy atom. The van der Waals surface area contributed by atoms with Crippen molar-refractivity contribution in [1.82, 2.24) is 4.57 Å². The van der Waals surface area contributed by atoms with Crippen molar-refractivity contribution in [2.75, 3.05) is 18.1 Å². The van der Waals surface area contributed by atoms with E-state index in [9.17, 15) is 14.0 Å². The third kappa shape index (κ3) is 2.55. The molecule has 8 heteroatoms. The number of hydrogen-bond donors (Lipinski definition) is 1. The normalized spacial score (nSPS) is 17.1. The molecule has 1 aliphatic heterocycles. The summed E-state index contributed by atoms with van der Waals surface area (Å²) in [5.41, 5.74) is 2.04. The second-order valence-electron chi connectivity index (χ2n) is 6.11. The van der Waals surface area contributed by atoms with Crippen molar-refractivity contribution < 1.29 is 23.4 Å². The maximum absolute atomic E-state index is 14.7. The van der Waals surface area contributed by atoms with Gasteiger partial charge in [0.15, 0.2) is 5.58 Å². The minimum absolute atomic E-state index is 0.0209. The van der Waals surface area contributed by atoms with Gasteiger partial charge in [-0.1, -0.05) is 6.07 Å². The molecule has 1 amide bonds. The molecule has 134 valence electrons. The van der Waals surface area contributed by atoms with Crippen LogP contribution in [0.5, 0.6) is 0 Å². The lowest BCUT2D eigenvalue weighted by Crippen LogP contribution is -2.25. The van der Waals surface area contributed by atoms with Crippen LogP contribution in [0.25, 0.3) is 16.8 Å². The van der Waals surface area contributed by atoms with E-state index in [1.807, 2.05) is 6.92 Å². The molecule has 7 nitrogen and oxygen atoms in total. The zero-order chi connectivity index (χ0) is 18.4. The van der Waals surface area contributed by atoms with Crippen LogP contribution >= 0.6 is 0 Å². The predicted octanol–water partition coefficient (Wildman–Crippen LogP) is 2.35. The Morgan fingerprint density at radius 1 is 1.23 bits per heavy atom. The SMILES string of the molecule is Cc1ccc2c(c1)oc(=O)n2-c1ccc(N2C[C@H](CO)OC2=O)cc1F. The minimum atomic E-state index is -0.696. The largest absolute Gasteiger partial charge is 0.441 e. The number of fused-ring (bicyclic) bond motifs is 1. The van der Waals surface area contributed by atoms with Crippen molar-refractivity contribution in [3.63, 3.8) is 0 Å². The van der Waals surface area contributed by atoms with Gasteiger partial charge in [-0.05, 0) is 42.8 Å². The Bertz CT molecular complexity index is 1070. The molecule has 0 radical (unpaired) electrons. The monoisotopic (exact) mass is 358 g/mol. The summed E-state index contributed by atoms with van der Waals surface area (Å²) in [6.07, 6.45) is -1.30. The van der Waals surface area contributed by atoms with Crippen molar-refractivity contribution in [1.29, 1.82) is 0 Å². The average molecular weight is 358 g/mol. The molecule has 0 aliphatic carbocycles. The molecule has 1 saturated heterocycles. The van der Waals surface area contributed by atoms with Gasteiger partial charge in [-0.2, -0.15) is 0 Å². The Morgan fingerprint density at radius 2 is 2.04 bits per heavy atom. The fourth-order valence-corrected chi connectivity index (χ4v) is 3.03. The van der Waals surface area contributed by atoms with Gasteiger partial charge < -0.3 is 14.3 Å². The van der Waals surface area contributed by atoms with Gasteiger partial charge >= 0.3 is 11.8 Å². The number of ether oxygens (including phenoxy) is 1. The highest BCUT2D eigenvalue weighted by Gasteiger charge is 2.32. The topological polar surface area (TPSA) is 84.9 Å². The van der Waals surface area contributed by atoms with Gasteiger partial charge in [0.05, 0.1) is 30.0 Å². The van der Waals surface area contributed by atoms with Crippen LogP contribution in [-0.4, -0.2) is 35.0 Å². The molecule has 0 unspecified atom stereocenters. The maximum Gasteiger partial charge on any atom is 0.424 e. The summed E-state index contributed by atoms with van der Waals surface area (Å²) in [4.78, 5) is 25.3. The third-order valence-corrected chi connectivity index (χ3v) is 4.30. The number of amides is 1. The van der Waals surface area contributed by atoms with Crippen molar-refractivity contribution >= 4 is 22.9 Å². The second kappa shape index (κ2) is 5.99. The van der Waals surface area contributed by atoms with E-state index in [-0.39, 0.29) is 24.5 Å². The number of benzene rings is 2. The number of aliphatic hydroxyl groups excluding tert-OH is 1. The molecule has 1 aliphatic rings. The number of carbonyl (C=O) groups is 1. The number of aryl methyl sites for hydroxylation is 1. The molecule has 3 aromatic rings. The molecule has 1 aromatic heterocycles. The number of hydrogen-bond acceptors (Lipinski definition) is 5. The maximum atomic E-state index is 14.7. The summed E-state index contributed by atoms with van der Waals surface area (Å²) in [7, 11) is 0. The average Bonchev–Trinajstić information content (AvgIpc) is 3.13. The van der Waals surface area contributed by atoms with Crippen molar-refractivity contribution in [3.05, 3.63) is 58.3 Å². The number of carbonyl (C=O) groups excluding carboxylic acids is 1. The molecular formula is C18H15FN2O5. The number of cyclic esters (lactones) is 1. The minimum Gasteiger partial charge on any atom is -0.441 e. The van der Waals surface area contributed by atoms with Gasteiger partial charge in [0.2, 0.25) is 0 Å². The first-order chi connectivity index (χ1) is 12.5. The van der Waals surface area contributed by atoms with E-state index in [1.165, 1.54) is 17.0 Å². The van der Waals surface area contributed by atoms with Crippen LogP contribution in [0, 0.1) is 12.7 Å². The van der Waals surface area contributed by atoms with E-state index >= 15 is 0 Å². The standard InChI is InChI=1S/C18H15FN2O5/c1-10-2-4-15-16(6-10)26-18(24)21(15)14-5-3-11(7-13(14)19)20-8-12(9-22)25-17(20)23/h2-7,12,22H,8-9H2,1H3/t12-/m1/s1. The van der Waals surface area contributed by atoms with Crippen molar-refractivity contribution in [2.24, 2.45) is 0 Å². The fourth-order valence-electron chi connectivity index (χ4n) is 3.03. The van der Waals surface area contributed by atoms with Crippen LogP contribution in [0.3, 0.4) is 0 Å². The van der Waals surface area contributed by atoms with Gasteiger partial charge in [-0.25, -0.2) is 18.5 Å². The third-order valence-electron chi connectivity index (χ3n) is 4.30.